The van der Waals surface area contributed by atoms with Crippen LogP contribution in [-0.2, 0) is 20.7 Å². The Balaban J connectivity index is 1.72. The monoisotopic (exact) mass is 548 g/mol. The number of esters is 1. The molecule has 0 aromatic heterocycles. The molecule has 0 saturated carbocycles. The number of benzene rings is 3. The van der Waals surface area contributed by atoms with Gasteiger partial charge in [-0.25, -0.2) is 4.79 Å². The van der Waals surface area contributed by atoms with Gasteiger partial charge in [0.2, 0.25) is 12.1 Å². The van der Waals surface area contributed by atoms with Crippen molar-refractivity contribution in [3.05, 3.63) is 94.5 Å². The van der Waals surface area contributed by atoms with Gasteiger partial charge in [0, 0.05) is 22.8 Å². The first kappa shape index (κ1) is 29.2. The van der Waals surface area contributed by atoms with Crippen LogP contribution in [0.3, 0.4) is 0 Å². The predicted octanol–water partition coefficient (Wildman–Crippen LogP) is 4.26. The molecule has 0 aliphatic heterocycles. The molecule has 0 saturated heterocycles. The van der Waals surface area contributed by atoms with Crippen molar-refractivity contribution in [3.63, 3.8) is 0 Å². The molecule has 2 atom stereocenters. The average Bonchev–Trinajstić information content (AvgIpc) is 2.87. The molecule has 0 bridgehead atoms. The Bertz CT molecular complexity index is 1370. The molecule has 3 aromatic rings. The lowest BCUT2D eigenvalue weighted by Gasteiger charge is -2.22. The van der Waals surface area contributed by atoms with Crippen molar-refractivity contribution in [1.29, 1.82) is 5.26 Å². The van der Waals surface area contributed by atoms with E-state index in [0.717, 1.165) is 5.56 Å². The summed E-state index contributed by atoms with van der Waals surface area (Å²) in [4.78, 5) is 38.3. The predicted molar refractivity (Wildman–Crippen MR) is 148 cm³/mol. The van der Waals surface area contributed by atoms with E-state index >= 15 is 0 Å². The van der Waals surface area contributed by atoms with Crippen molar-refractivity contribution in [2.24, 2.45) is 0 Å². The van der Waals surface area contributed by atoms with Crippen LogP contribution in [0.25, 0.3) is 0 Å². The first-order valence-electron chi connectivity index (χ1n) is 12.1. The maximum Gasteiger partial charge on any atom is 0.338 e. The number of carbonyl (C=O) groups is 3. The maximum absolute atomic E-state index is 13.2. The van der Waals surface area contributed by atoms with Crippen molar-refractivity contribution >= 4 is 40.8 Å². The second-order valence-electron chi connectivity index (χ2n) is 9.71. The van der Waals surface area contributed by atoms with Crippen LogP contribution in [0, 0.1) is 11.3 Å². The van der Waals surface area contributed by atoms with E-state index in [0.29, 0.717) is 11.3 Å². The van der Waals surface area contributed by atoms with E-state index < -0.39 is 35.7 Å². The Morgan fingerprint density at radius 3 is 2.26 bits per heavy atom. The Labute approximate surface area is 231 Å². The molecule has 0 heterocycles. The first-order chi connectivity index (χ1) is 18.4. The normalized spacial score (nSPS) is 12.4. The number of nitrogens with one attached hydrogen (secondary N) is 3. The fourth-order valence-corrected chi connectivity index (χ4v) is 3.76. The third kappa shape index (κ3) is 9.14. The number of halogens is 1. The maximum atomic E-state index is 13.2. The van der Waals surface area contributed by atoms with E-state index in [-0.39, 0.29) is 22.7 Å². The molecule has 39 heavy (non-hydrogen) atoms. The Morgan fingerprint density at radius 2 is 1.64 bits per heavy atom. The minimum absolute atomic E-state index is 0.150. The smallest absolute Gasteiger partial charge is 0.338 e. The van der Waals surface area contributed by atoms with Crippen LogP contribution in [0.1, 0.15) is 42.3 Å². The van der Waals surface area contributed by atoms with Gasteiger partial charge < -0.3 is 25.8 Å². The molecule has 202 valence electrons. The van der Waals surface area contributed by atoms with Crippen LogP contribution in [0.4, 0.5) is 11.4 Å². The molecule has 0 spiro atoms. The van der Waals surface area contributed by atoms with Crippen molar-refractivity contribution in [2.45, 2.75) is 45.1 Å². The molecule has 4 N–H and O–H groups in total. The number of rotatable bonds is 9. The summed E-state index contributed by atoms with van der Waals surface area (Å²) in [6.45, 7) is 5.31. The lowest BCUT2D eigenvalue weighted by molar-refractivity contribution is -0.131. The Hall–Kier alpha value is -4.39. The van der Waals surface area contributed by atoms with E-state index in [1.54, 1.807) is 32.9 Å². The van der Waals surface area contributed by atoms with E-state index in [4.69, 9.17) is 21.6 Å². The van der Waals surface area contributed by atoms with Gasteiger partial charge in [0.25, 0.3) is 5.91 Å². The second-order valence-corrected chi connectivity index (χ2v) is 10.1. The zero-order valence-electron chi connectivity index (χ0n) is 21.7. The average molecular weight is 549 g/mol. The highest BCUT2D eigenvalue weighted by Gasteiger charge is 2.25. The number of nitrogens with zero attached hydrogens (tertiary/aromatic N) is 1. The summed E-state index contributed by atoms with van der Waals surface area (Å²) < 4.78 is 5.35. The van der Waals surface area contributed by atoms with Crippen molar-refractivity contribution in [2.75, 3.05) is 10.6 Å². The van der Waals surface area contributed by atoms with Gasteiger partial charge in [0.05, 0.1) is 17.2 Å². The molecule has 0 aliphatic rings. The summed E-state index contributed by atoms with van der Waals surface area (Å²) in [7, 11) is 0. The summed E-state index contributed by atoms with van der Waals surface area (Å²) in [5.41, 5.74) is 1.38. The summed E-state index contributed by atoms with van der Waals surface area (Å²) >= 11 is 5.99. The molecule has 2 amide bonds. The van der Waals surface area contributed by atoms with Gasteiger partial charge in [-0.15, -0.1) is 0 Å². The molecule has 9 nitrogen and oxygen atoms in total. The number of hydrogen-bond donors (Lipinski definition) is 4. The van der Waals surface area contributed by atoms with Crippen LogP contribution in [0.2, 0.25) is 5.02 Å². The van der Waals surface area contributed by atoms with Gasteiger partial charge in [0.15, 0.2) is 0 Å². The van der Waals surface area contributed by atoms with Gasteiger partial charge in [0.1, 0.15) is 11.6 Å². The second kappa shape index (κ2) is 12.9. The Kier molecular flexibility index (Phi) is 9.66. The largest absolute Gasteiger partial charge is 0.456 e. The number of nitriles is 1. The highest BCUT2D eigenvalue weighted by molar-refractivity contribution is 6.31. The third-order valence-corrected chi connectivity index (χ3v) is 5.50. The number of hydrogen-bond acceptors (Lipinski definition) is 7. The molecule has 10 heteroatoms. The van der Waals surface area contributed by atoms with E-state index in [1.807, 2.05) is 36.4 Å². The van der Waals surface area contributed by atoms with Gasteiger partial charge in [-0.1, -0.05) is 41.9 Å². The highest BCUT2D eigenvalue weighted by atomic mass is 35.5. The lowest BCUT2D eigenvalue weighted by atomic mass is 10.0. The van der Waals surface area contributed by atoms with E-state index in [2.05, 4.69) is 16.0 Å². The summed E-state index contributed by atoms with van der Waals surface area (Å²) in [6, 6.07) is 20.5. The fourth-order valence-electron chi connectivity index (χ4n) is 3.53. The van der Waals surface area contributed by atoms with Crippen LogP contribution in [-0.4, -0.2) is 40.8 Å². The van der Waals surface area contributed by atoms with Gasteiger partial charge >= 0.3 is 5.97 Å². The summed E-state index contributed by atoms with van der Waals surface area (Å²) in [5, 5.41) is 27.7. The number of amides is 2. The number of ether oxygens (including phenoxy) is 1. The quantitative estimate of drug-likeness (QED) is 0.231. The molecule has 3 rings (SSSR count). The SMILES string of the molecule is CC(C)(C)OC(=O)c1ccc(NC(=O)[C@H](Cc2ccccc2)NC(=O)C(O)Nc2cc(Cl)cc(C#N)c2)cc1. The molecule has 1 unspecified atom stereocenters. The molecular formula is C29H29ClN4O5. The molecule has 0 fully saturated rings. The fraction of sp³-hybridized carbons (Fsp3) is 0.241. The number of aliphatic hydroxyl groups is 1. The summed E-state index contributed by atoms with van der Waals surface area (Å²) in [6.07, 6.45) is -1.58. The zero-order valence-corrected chi connectivity index (χ0v) is 22.5. The molecular weight excluding hydrogens is 520 g/mol. The highest BCUT2D eigenvalue weighted by Crippen LogP contribution is 2.19. The number of anilines is 2. The van der Waals surface area contributed by atoms with Crippen LogP contribution >= 0.6 is 11.6 Å². The van der Waals surface area contributed by atoms with Crippen LogP contribution in [0.5, 0.6) is 0 Å². The van der Waals surface area contributed by atoms with Crippen molar-refractivity contribution in [3.8, 4) is 6.07 Å². The molecule has 3 aromatic carbocycles. The van der Waals surface area contributed by atoms with E-state index in [9.17, 15) is 19.5 Å². The van der Waals surface area contributed by atoms with Crippen molar-refractivity contribution in [1.82, 2.24) is 5.32 Å². The molecule has 0 radical (unpaired) electrons. The number of carbonyl (C=O) groups excluding carboxylic acids is 3. The minimum atomic E-state index is -1.73. The summed E-state index contributed by atoms with van der Waals surface area (Å²) in [5.74, 6) is -1.87. The lowest BCUT2D eigenvalue weighted by Crippen LogP contribution is -2.50. The van der Waals surface area contributed by atoms with Gasteiger partial charge in [-0.3, -0.25) is 9.59 Å². The zero-order chi connectivity index (χ0) is 28.6. The van der Waals surface area contributed by atoms with Crippen LogP contribution in [0.15, 0.2) is 72.8 Å². The first-order valence-corrected chi connectivity index (χ1v) is 12.4. The van der Waals surface area contributed by atoms with Gasteiger partial charge in [-0.05, 0) is 68.8 Å². The topological polar surface area (TPSA) is 141 Å². The van der Waals surface area contributed by atoms with Crippen molar-refractivity contribution < 1.29 is 24.2 Å². The van der Waals surface area contributed by atoms with E-state index in [1.165, 1.54) is 30.3 Å². The molecule has 0 aliphatic carbocycles. The van der Waals surface area contributed by atoms with Gasteiger partial charge in [-0.2, -0.15) is 5.26 Å². The minimum Gasteiger partial charge on any atom is -0.456 e. The standard InChI is InChI=1S/C29H29ClN4O5/c1-29(2,3)39-28(38)20-9-11-22(12-10-20)32-25(35)24(15-18-7-5-4-6-8-18)34-27(37)26(36)33-23-14-19(17-31)13-21(30)16-23/h4-14,16,24,26,33,36H,15H2,1-3H3,(H,32,35)(H,34,37)/t24-,26?/m0/s1. The van der Waals surface area contributed by atoms with Crippen LogP contribution < -0.4 is 16.0 Å². The number of aliphatic hydroxyl groups excluding tert-OH is 1. The third-order valence-electron chi connectivity index (χ3n) is 5.28. The Morgan fingerprint density at radius 1 is 0.974 bits per heavy atom.